The van der Waals surface area contributed by atoms with Crippen LogP contribution in [0, 0.1) is 11.8 Å². The minimum absolute atomic E-state index is 0.123. The predicted molar refractivity (Wildman–Crippen MR) is 106 cm³/mol. The van der Waals surface area contributed by atoms with Crippen LogP contribution in [0.5, 0.6) is 0 Å². The van der Waals surface area contributed by atoms with Gasteiger partial charge in [0.15, 0.2) is 0 Å². The van der Waals surface area contributed by atoms with E-state index in [4.69, 9.17) is 0 Å². The van der Waals surface area contributed by atoms with Crippen LogP contribution >= 0.6 is 0 Å². The van der Waals surface area contributed by atoms with Gasteiger partial charge >= 0.3 is 0 Å². The lowest BCUT2D eigenvalue weighted by atomic mass is 9.93. The summed E-state index contributed by atoms with van der Waals surface area (Å²) >= 11 is 0. The smallest absolute Gasteiger partial charge is 0.224 e. The summed E-state index contributed by atoms with van der Waals surface area (Å²) in [6.07, 6.45) is 5.45. The van der Waals surface area contributed by atoms with E-state index in [1.165, 1.54) is 12.0 Å². The molecule has 3 atom stereocenters. The lowest BCUT2D eigenvalue weighted by Gasteiger charge is -2.31. The highest BCUT2D eigenvalue weighted by Gasteiger charge is 2.46. The first-order chi connectivity index (χ1) is 13.3. The predicted octanol–water partition coefficient (Wildman–Crippen LogP) is 2.03. The third-order valence-corrected chi connectivity index (χ3v) is 6.90. The molecule has 0 aromatic heterocycles. The Bertz CT molecular complexity index is 615. The van der Waals surface area contributed by atoms with Crippen molar-refractivity contribution in [3.8, 4) is 0 Å². The number of rotatable bonds is 6. The number of hydrogen-bond acceptors (Lipinski definition) is 4. The van der Waals surface area contributed by atoms with E-state index in [2.05, 4.69) is 45.4 Å². The third-order valence-electron chi connectivity index (χ3n) is 6.90. The molecule has 0 aliphatic carbocycles. The van der Waals surface area contributed by atoms with Crippen molar-refractivity contribution in [2.24, 2.45) is 11.8 Å². The van der Waals surface area contributed by atoms with E-state index in [0.717, 1.165) is 58.4 Å². The van der Waals surface area contributed by atoms with Gasteiger partial charge in [0.1, 0.15) is 0 Å². The molecule has 4 rings (SSSR count). The molecule has 0 radical (unpaired) electrons. The molecule has 1 amide bonds. The molecule has 3 aliphatic rings. The number of fused-ring (bicyclic) bond motifs is 1. The zero-order valence-electron chi connectivity index (χ0n) is 16.2. The summed E-state index contributed by atoms with van der Waals surface area (Å²) in [5.74, 6) is 0.839. The number of aliphatic hydroxyl groups excluding tert-OH is 1. The van der Waals surface area contributed by atoms with Crippen molar-refractivity contribution in [1.29, 1.82) is 0 Å². The summed E-state index contributed by atoms with van der Waals surface area (Å²) in [7, 11) is 0. The summed E-state index contributed by atoms with van der Waals surface area (Å²) in [6, 6.07) is 11.5. The fraction of sp³-hybridized carbons (Fsp3) is 0.682. The average molecular weight is 372 g/mol. The first-order valence-electron chi connectivity index (χ1n) is 10.7. The van der Waals surface area contributed by atoms with Crippen molar-refractivity contribution in [3.05, 3.63) is 35.9 Å². The van der Waals surface area contributed by atoms with E-state index in [1.54, 1.807) is 0 Å². The van der Waals surface area contributed by atoms with Crippen molar-refractivity contribution in [1.82, 2.24) is 15.1 Å². The van der Waals surface area contributed by atoms with Gasteiger partial charge in [-0.2, -0.15) is 0 Å². The molecule has 0 saturated carbocycles. The summed E-state index contributed by atoms with van der Waals surface area (Å²) in [5, 5.41) is 12.5. The molecule has 3 aliphatic heterocycles. The molecule has 0 bridgehead atoms. The molecule has 5 nitrogen and oxygen atoms in total. The summed E-state index contributed by atoms with van der Waals surface area (Å²) in [6.45, 7) is 5.17. The maximum atomic E-state index is 12.9. The topological polar surface area (TPSA) is 55.8 Å². The van der Waals surface area contributed by atoms with Gasteiger partial charge in [-0.25, -0.2) is 0 Å². The van der Waals surface area contributed by atoms with Gasteiger partial charge < -0.3 is 15.3 Å². The normalized spacial score (nSPS) is 29.7. The van der Waals surface area contributed by atoms with E-state index in [0.29, 0.717) is 24.6 Å². The highest BCUT2D eigenvalue weighted by atomic mass is 16.3. The second kappa shape index (κ2) is 8.72. The Morgan fingerprint density at radius 2 is 1.89 bits per heavy atom. The number of likely N-dealkylation sites (tertiary alicyclic amines) is 1. The molecule has 27 heavy (non-hydrogen) atoms. The fourth-order valence-corrected chi connectivity index (χ4v) is 5.31. The minimum atomic E-state index is 0.123. The summed E-state index contributed by atoms with van der Waals surface area (Å²) in [5.41, 5.74) is 1.35. The van der Waals surface area contributed by atoms with E-state index in [1.807, 2.05) is 0 Å². The quantitative estimate of drug-likeness (QED) is 0.803. The van der Waals surface area contributed by atoms with Gasteiger partial charge in [-0.05, 0) is 63.2 Å². The molecule has 1 aromatic carbocycles. The number of carbonyl (C=O) groups excluding carboxylic acids is 1. The number of nitrogens with zero attached hydrogens (tertiary/aromatic N) is 2. The zero-order valence-corrected chi connectivity index (χ0v) is 16.2. The first-order valence-corrected chi connectivity index (χ1v) is 10.7. The Kier molecular flexibility index (Phi) is 6.11. The van der Waals surface area contributed by atoms with Crippen LogP contribution in [-0.4, -0.2) is 66.2 Å². The molecule has 3 unspecified atom stereocenters. The molecule has 1 aromatic rings. The van der Waals surface area contributed by atoms with Crippen LogP contribution in [0.4, 0.5) is 0 Å². The highest BCUT2D eigenvalue weighted by molar-refractivity contribution is 5.80. The Labute approximate surface area is 162 Å². The van der Waals surface area contributed by atoms with E-state index in [9.17, 15) is 9.90 Å². The molecule has 3 saturated heterocycles. The molecular formula is C22H33N3O2. The lowest BCUT2D eigenvalue weighted by molar-refractivity contribution is -0.125. The van der Waals surface area contributed by atoms with Crippen LogP contribution in [0.15, 0.2) is 30.3 Å². The average Bonchev–Trinajstić information content (AvgIpc) is 3.32. The lowest BCUT2D eigenvalue weighted by Crippen LogP contribution is -2.43. The Morgan fingerprint density at radius 3 is 2.63 bits per heavy atom. The number of aliphatic hydroxyl groups is 1. The second-order valence-electron chi connectivity index (χ2n) is 8.47. The molecule has 148 valence electrons. The number of amides is 1. The van der Waals surface area contributed by atoms with Crippen LogP contribution in [0.1, 0.15) is 43.7 Å². The monoisotopic (exact) mass is 371 g/mol. The van der Waals surface area contributed by atoms with Crippen molar-refractivity contribution < 1.29 is 9.90 Å². The number of carbonyl (C=O) groups is 1. The number of benzene rings is 1. The van der Waals surface area contributed by atoms with E-state index >= 15 is 0 Å². The van der Waals surface area contributed by atoms with Crippen LogP contribution in [0.25, 0.3) is 0 Å². The van der Waals surface area contributed by atoms with Crippen molar-refractivity contribution in [2.75, 3.05) is 39.3 Å². The summed E-state index contributed by atoms with van der Waals surface area (Å²) < 4.78 is 0. The molecular weight excluding hydrogens is 338 g/mol. The molecule has 3 fully saturated rings. The molecule has 2 N–H and O–H groups in total. The SMILES string of the molecule is O=C(NCCN1CCC(CO)CC1)C1CC(c2ccccc2)N2CCCC12. The third kappa shape index (κ3) is 4.20. The summed E-state index contributed by atoms with van der Waals surface area (Å²) in [4.78, 5) is 17.9. The number of hydrogen-bond donors (Lipinski definition) is 2. The first kappa shape index (κ1) is 18.9. The van der Waals surface area contributed by atoms with Gasteiger partial charge in [0.05, 0.1) is 5.92 Å². The maximum absolute atomic E-state index is 12.9. The van der Waals surface area contributed by atoms with E-state index in [-0.39, 0.29) is 11.8 Å². The minimum Gasteiger partial charge on any atom is -0.396 e. The van der Waals surface area contributed by atoms with Crippen LogP contribution in [-0.2, 0) is 4.79 Å². The van der Waals surface area contributed by atoms with Crippen molar-refractivity contribution >= 4 is 5.91 Å². The maximum Gasteiger partial charge on any atom is 0.224 e. The molecule has 0 spiro atoms. The van der Waals surface area contributed by atoms with Gasteiger partial charge in [0, 0.05) is 31.8 Å². The van der Waals surface area contributed by atoms with E-state index < -0.39 is 0 Å². The Hall–Kier alpha value is -1.43. The van der Waals surface area contributed by atoms with Gasteiger partial charge in [-0.1, -0.05) is 30.3 Å². The Balaban J connectivity index is 1.29. The van der Waals surface area contributed by atoms with Crippen LogP contribution < -0.4 is 5.32 Å². The number of nitrogens with one attached hydrogen (secondary N) is 1. The molecule has 5 heteroatoms. The van der Waals surface area contributed by atoms with Gasteiger partial charge in [0.25, 0.3) is 0 Å². The second-order valence-corrected chi connectivity index (χ2v) is 8.47. The molecule has 3 heterocycles. The van der Waals surface area contributed by atoms with Crippen LogP contribution in [0.2, 0.25) is 0 Å². The number of piperidine rings is 1. The fourth-order valence-electron chi connectivity index (χ4n) is 5.31. The van der Waals surface area contributed by atoms with Crippen molar-refractivity contribution in [3.63, 3.8) is 0 Å². The van der Waals surface area contributed by atoms with Crippen molar-refractivity contribution in [2.45, 2.75) is 44.2 Å². The largest absolute Gasteiger partial charge is 0.396 e. The zero-order chi connectivity index (χ0) is 18.6. The van der Waals surface area contributed by atoms with Gasteiger partial charge in [-0.15, -0.1) is 0 Å². The Morgan fingerprint density at radius 1 is 1.11 bits per heavy atom. The highest BCUT2D eigenvalue weighted by Crippen LogP contribution is 2.44. The van der Waals surface area contributed by atoms with Gasteiger partial charge in [0.2, 0.25) is 5.91 Å². The van der Waals surface area contributed by atoms with Gasteiger partial charge in [-0.3, -0.25) is 9.69 Å². The standard InChI is InChI=1S/C22H33N3O2/c26-16-17-8-12-24(13-9-17)14-10-23-22(27)19-15-21(18-5-2-1-3-6-18)25-11-4-7-20(19)25/h1-3,5-6,17,19-21,26H,4,7-16H2,(H,23,27). The van der Waals surface area contributed by atoms with Crippen LogP contribution in [0.3, 0.4) is 0 Å².